The number of hydrogen-bond acceptors (Lipinski definition) is 2. The van der Waals surface area contributed by atoms with E-state index in [1.165, 1.54) is 12.8 Å². The average molecular weight is 199 g/mol. The van der Waals surface area contributed by atoms with E-state index in [4.69, 9.17) is 5.11 Å². The summed E-state index contributed by atoms with van der Waals surface area (Å²) in [5, 5.41) is 11.4. The summed E-state index contributed by atoms with van der Waals surface area (Å²) >= 11 is 0. The van der Waals surface area contributed by atoms with E-state index in [1.807, 2.05) is 0 Å². The van der Waals surface area contributed by atoms with Crippen LogP contribution in [0.2, 0.25) is 0 Å². The molecule has 0 atom stereocenters. The summed E-state index contributed by atoms with van der Waals surface area (Å²) in [7, 11) is 0. The van der Waals surface area contributed by atoms with Gasteiger partial charge in [-0.15, -0.1) is 0 Å². The zero-order valence-corrected chi connectivity index (χ0v) is 9.12. The molecule has 0 bridgehead atoms. The van der Waals surface area contributed by atoms with Crippen LogP contribution in [0.15, 0.2) is 0 Å². The fraction of sp³-hybridized carbons (Fsp3) is 0.909. The van der Waals surface area contributed by atoms with E-state index < -0.39 is 0 Å². The molecule has 0 saturated heterocycles. The number of amides is 1. The van der Waals surface area contributed by atoms with Crippen molar-refractivity contribution in [3.8, 4) is 0 Å². The van der Waals surface area contributed by atoms with Gasteiger partial charge in [-0.1, -0.05) is 13.8 Å². The van der Waals surface area contributed by atoms with Gasteiger partial charge < -0.3 is 10.4 Å². The molecule has 0 spiro atoms. The minimum atomic E-state index is -0.385. The topological polar surface area (TPSA) is 49.3 Å². The van der Waals surface area contributed by atoms with E-state index in [2.05, 4.69) is 19.2 Å². The van der Waals surface area contributed by atoms with Crippen LogP contribution < -0.4 is 5.32 Å². The van der Waals surface area contributed by atoms with Crippen LogP contribution in [0.25, 0.3) is 0 Å². The summed E-state index contributed by atoms with van der Waals surface area (Å²) in [4.78, 5) is 10.9. The number of aliphatic hydroxyl groups is 1. The number of carbonyl (C=O) groups is 1. The maximum Gasteiger partial charge on any atom is 0.245 e. The van der Waals surface area contributed by atoms with E-state index in [9.17, 15) is 4.79 Å². The van der Waals surface area contributed by atoms with E-state index >= 15 is 0 Å². The third kappa shape index (κ3) is 3.29. The molecule has 0 aromatic rings. The molecule has 0 aromatic carbocycles. The maximum absolute atomic E-state index is 10.9. The van der Waals surface area contributed by atoms with Crippen molar-refractivity contribution >= 4 is 5.91 Å². The van der Waals surface area contributed by atoms with E-state index in [1.54, 1.807) is 0 Å². The highest BCUT2D eigenvalue weighted by molar-refractivity contribution is 5.77. The van der Waals surface area contributed by atoms with Gasteiger partial charge in [-0.25, -0.2) is 0 Å². The molecule has 1 amide bonds. The number of carbonyl (C=O) groups excluding carboxylic acids is 1. The quantitative estimate of drug-likeness (QED) is 0.720. The molecule has 0 unspecified atom stereocenters. The summed E-state index contributed by atoms with van der Waals surface area (Å²) in [5.74, 6) is 1.33. The predicted octanol–water partition coefficient (Wildman–Crippen LogP) is 1.31. The first-order valence-electron chi connectivity index (χ1n) is 5.53. The first-order valence-corrected chi connectivity index (χ1v) is 5.53. The summed E-state index contributed by atoms with van der Waals surface area (Å²) in [6.45, 7) is 4.14. The van der Waals surface area contributed by atoms with Crippen LogP contribution in [0, 0.1) is 11.8 Å². The van der Waals surface area contributed by atoms with Gasteiger partial charge in [0.15, 0.2) is 0 Å². The summed E-state index contributed by atoms with van der Waals surface area (Å²) < 4.78 is 0. The van der Waals surface area contributed by atoms with Crippen molar-refractivity contribution in [3.63, 3.8) is 0 Å². The summed E-state index contributed by atoms with van der Waals surface area (Å²) in [5.41, 5.74) is 0. The minimum Gasteiger partial charge on any atom is -0.387 e. The summed E-state index contributed by atoms with van der Waals surface area (Å²) in [6, 6.07) is 0.296. The average Bonchev–Trinajstić information content (AvgIpc) is 2.18. The molecule has 1 saturated carbocycles. The zero-order chi connectivity index (χ0) is 10.6. The van der Waals surface area contributed by atoms with Crippen LogP contribution >= 0.6 is 0 Å². The van der Waals surface area contributed by atoms with Gasteiger partial charge in [0.05, 0.1) is 0 Å². The molecule has 2 N–H and O–H groups in total. The molecule has 14 heavy (non-hydrogen) atoms. The molecule has 1 aliphatic carbocycles. The van der Waals surface area contributed by atoms with Crippen molar-refractivity contribution in [2.45, 2.75) is 45.6 Å². The first-order chi connectivity index (χ1) is 6.63. The molecular weight excluding hydrogens is 178 g/mol. The maximum atomic E-state index is 10.9. The van der Waals surface area contributed by atoms with Gasteiger partial charge in [-0.3, -0.25) is 4.79 Å². The predicted molar refractivity (Wildman–Crippen MR) is 55.8 cm³/mol. The van der Waals surface area contributed by atoms with Crippen LogP contribution in [0.5, 0.6) is 0 Å². The second-order valence-corrected chi connectivity index (χ2v) is 4.58. The lowest BCUT2D eigenvalue weighted by atomic mass is 9.80. The Morgan fingerprint density at radius 2 is 1.93 bits per heavy atom. The Labute approximate surface area is 85.9 Å². The van der Waals surface area contributed by atoms with Crippen molar-refractivity contribution < 1.29 is 9.90 Å². The molecule has 1 aliphatic rings. The lowest BCUT2D eigenvalue weighted by Gasteiger charge is -2.31. The van der Waals surface area contributed by atoms with Gasteiger partial charge in [0.25, 0.3) is 0 Å². The Morgan fingerprint density at radius 1 is 1.36 bits per heavy atom. The first kappa shape index (κ1) is 11.5. The largest absolute Gasteiger partial charge is 0.387 e. The Hall–Kier alpha value is -0.570. The van der Waals surface area contributed by atoms with Gasteiger partial charge in [-0.2, -0.15) is 0 Å². The van der Waals surface area contributed by atoms with Gasteiger partial charge in [0.2, 0.25) is 5.91 Å². The van der Waals surface area contributed by atoms with Crippen molar-refractivity contribution in [1.29, 1.82) is 0 Å². The Kier molecular flexibility index (Phi) is 4.39. The highest BCUT2D eigenvalue weighted by atomic mass is 16.3. The van der Waals surface area contributed by atoms with Crippen molar-refractivity contribution in [3.05, 3.63) is 0 Å². The standard InChI is InChI=1S/C11H21NO2/c1-8(2)9-3-5-10(6-4-9)12-11(14)7-13/h8-10,13H,3-7H2,1-2H3,(H,12,14). The number of rotatable bonds is 3. The van der Waals surface area contributed by atoms with Crippen molar-refractivity contribution in [2.75, 3.05) is 6.61 Å². The van der Waals surface area contributed by atoms with Crippen LogP contribution in [0.3, 0.4) is 0 Å². The normalized spacial score (nSPS) is 27.7. The fourth-order valence-corrected chi connectivity index (χ4v) is 2.20. The zero-order valence-electron chi connectivity index (χ0n) is 9.12. The fourth-order valence-electron chi connectivity index (χ4n) is 2.20. The number of aliphatic hydroxyl groups excluding tert-OH is 1. The molecule has 1 fully saturated rings. The summed E-state index contributed by atoms with van der Waals surface area (Å²) in [6.07, 6.45) is 4.53. The smallest absolute Gasteiger partial charge is 0.245 e. The molecule has 0 heterocycles. The van der Waals surface area contributed by atoms with E-state index in [0.717, 1.165) is 24.7 Å². The van der Waals surface area contributed by atoms with Crippen LogP contribution in [0.1, 0.15) is 39.5 Å². The van der Waals surface area contributed by atoms with Gasteiger partial charge in [-0.05, 0) is 37.5 Å². The second-order valence-electron chi connectivity index (χ2n) is 4.58. The second kappa shape index (κ2) is 5.35. The molecule has 3 nitrogen and oxygen atoms in total. The van der Waals surface area contributed by atoms with Crippen LogP contribution in [-0.4, -0.2) is 23.7 Å². The lowest BCUT2D eigenvalue weighted by molar-refractivity contribution is -0.124. The Balaban J connectivity index is 2.25. The monoisotopic (exact) mass is 199 g/mol. The molecule has 0 aromatic heterocycles. The van der Waals surface area contributed by atoms with Crippen molar-refractivity contribution in [1.82, 2.24) is 5.32 Å². The molecule has 0 aliphatic heterocycles. The number of hydrogen-bond donors (Lipinski definition) is 2. The molecular formula is C11H21NO2. The minimum absolute atomic E-state index is 0.238. The Bertz CT molecular complexity index is 184. The van der Waals surface area contributed by atoms with E-state index in [-0.39, 0.29) is 12.5 Å². The van der Waals surface area contributed by atoms with E-state index in [0.29, 0.717) is 6.04 Å². The van der Waals surface area contributed by atoms with Gasteiger partial charge in [0.1, 0.15) is 6.61 Å². The lowest BCUT2D eigenvalue weighted by Crippen LogP contribution is -2.39. The van der Waals surface area contributed by atoms with Gasteiger partial charge >= 0.3 is 0 Å². The molecule has 1 rings (SSSR count). The molecule has 0 radical (unpaired) electrons. The van der Waals surface area contributed by atoms with Crippen LogP contribution in [0.4, 0.5) is 0 Å². The molecule has 82 valence electrons. The molecule has 3 heteroatoms. The van der Waals surface area contributed by atoms with Gasteiger partial charge in [0, 0.05) is 6.04 Å². The number of nitrogens with one attached hydrogen (secondary N) is 1. The highest BCUT2D eigenvalue weighted by Crippen LogP contribution is 2.29. The van der Waals surface area contributed by atoms with Crippen LogP contribution in [-0.2, 0) is 4.79 Å². The Morgan fingerprint density at radius 3 is 2.36 bits per heavy atom. The highest BCUT2D eigenvalue weighted by Gasteiger charge is 2.23. The third-order valence-electron chi connectivity index (χ3n) is 3.22. The van der Waals surface area contributed by atoms with Crippen molar-refractivity contribution in [2.24, 2.45) is 11.8 Å². The third-order valence-corrected chi connectivity index (χ3v) is 3.22. The SMILES string of the molecule is CC(C)C1CCC(NC(=O)CO)CC1.